The van der Waals surface area contributed by atoms with Crippen molar-refractivity contribution in [1.82, 2.24) is 4.98 Å². The molecule has 1 aromatic heterocycles. The van der Waals surface area contributed by atoms with Gasteiger partial charge in [-0.25, -0.2) is 4.98 Å². The summed E-state index contributed by atoms with van der Waals surface area (Å²) in [5.41, 5.74) is 9.29. The van der Waals surface area contributed by atoms with Gasteiger partial charge in [-0.2, -0.15) is 8.42 Å². The maximum atomic E-state index is 12.6. The monoisotopic (exact) mass is 474 g/mol. The van der Waals surface area contributed by atoms with Gasteiger partial charge in [0.2, 0.25) is 5.78 Å². The van der Waals surface area contributed by atoms with Gasteiger partial charge in [0.1, 0.15) is 0 Å². The standard InChI is InChI=1S/C18H17N3OS.C4H9NO3S/c1-12-5-2-3-8-15(12)17(22)16-11-20-18(23-16)21-14-7-4-6-13(9-14)10-19;1-2-3-4(5)9(6,7)8/h2-9,11H,10,19H2,1H3,(H,20,21);5H,2-3H2,1H3,(H,6,7,8). The van der Waals surface area contributed by atoms with Crippen LogP contribution in [-0.2, 0) is 16.7 Å². The zero-order valence-electron chi connectivity index (χ0n) is 17.8. The predicted molar refractivity (Wildman–Crippen MR) is 129 cm³/mol. The van der Waals surface area contributed by atoms with Gasteiger partial charge in [0.15, 0.2) is 10.2 Å². The van der Waals surface area contributed by atoms with Crippen LogP contribution in [0.15, 0.2) is 54.7 Å². The van der Waals surface area contributed by atoms with Crippen LogP contribution in [0.4, 0.5) is 10.8 Å². The number of hydrogen-bond donors (Lipinski definition) is 4. The van der Waals surface area contributed by atoms with Crippen molar-refractivity contribution < 1.29 is 17.8 Å². The Hall–Kier alpha value is -2.92. The Kier molecular flexibility index (Phi) is 9.21. The number of hydrogen-bond acceptors (Lipinski definition) is 8. The Bertz CT molecular complexity index is 1190. The van der Waals surface area contributed by atoms with Crippen molar-refractivity contribution in [2.75, 3.05) is 5.32 Å². The van der Waals surface area contributed by atoms with E-state index in [-0.39, 0.29) is 12.2 Å². The SMILES string of the molecule is CCCC(=N)S(=O)(=O)O.Cc1ccccc1C(=O)c1cnc(Nc2cccc(CN)c2)s1. The lowest BCUT2D eigenvalue weighted by molar-refractivity contribution is 0.104. The lowest BCUT2D eigenvalue weighted by Crippen LogP contribution is -2.11. The highest BCUT2D eigenvalue weighted by molar-refractivity contribution is 8.01. The molecule has 32 heavy (non-hydrogen) atoms. The van der Waals surface area contributed by atoms with Crippen molar-refractivity contribution >= 4 is 43.1 Å². The van der Waals surface area contributed by atoms with Crippen molar-refractivity contribution in [1.29, 1.82) is 5.41 Å². The summed E-state index contributed by atoms with van der Waals surface area (Å²) in [6.45, 7) is 4.16. The first-order valence-electron chi connectivity index (χ1n) is 9.82. The fourth-order valence-corrected chi connectivity index (χ4v) is 3.91. The first kappa shape index (κ1) is 25.3. The molecule has 8 nitrogen and oxygen atoms in total. The smallest absolute Gasteiger partial charge is 0.307 e. The molecule has 0 aliphatic heterocycles. The van der Waals surface area contributed by atoms with E-state index in [1.165, 1.54) is 11.3 Å². The fourth-order valence-electron chi connectivity index (χ4n) is 2.65. The predicted octanol–water partition coefficient (Wildman–Crippen LogP) is 4.54. The molecule has 0 atom stereocenters. The Morgan fingerprint density at radius 1 is 1.22 bits per heavy atom. The molecule has 10 heteroatoms. The van der Waals surface area contributed by atoms with Crippen molar-refractivity contribution in [3.05, 3.63) is 76.3 Å². The van der Waals surface area contributed by atoms with E-state index in [9.17, 15) is 13.2 Å². The number of nitrogens with zero attached hydrogens (tertiary/aromatic N) is 1. The first-order valence-corrected chi connectivity index (χ1v) is 12.1. The van der Waals surface area contributed by atoms with Crippen LogP contribution in [-0.4, -0.2) is 28.8 Å². The number of carbonyl (C=O) groups is 1. The summed E-state index contributed by atoms with van der Waals surface area (Å²) in [4.78, 5) is 17.5. The Morgan fingerprint density at radius 2 is 1.94 bits per heavy atom. The number of carbonyl (C=O) groups excluding carboxylic acids is 1. The largest absolute Gasteiger partial charge is 0.332 e. The zero-order valence-corrected chi connectivity index (χ0v) is 19.5. The molecule has 0 unspecified atom stereocenters. The second kappa shape index (κ2) is 11.6. The van der Waals surface area contributed by atoms with Gasteiger partial charge < -0.3 is 11.1 Å². The summed E-state index contributed by atoms with van der Waals surface area (Å²) in [5.74, 6) is 0.00404. The van der Waals surface area contributed by atoms with Crippen LogP contribution in [0.1, 0.15) is 46.1 Å². The van der Waals surface area contributed by atoms with Gasteiger partial charge >= 0.3 is 10.1 Å². The van der Waals surface area contributed by atoms with Crippen LogP contribution < -0.4 is 11.1 Å². The third kappa shape index (κ3) is 7.34. The van der Waals surface area contributed by atoms with Crippen LogP contribution >= 0.6 is 11.3 Å². The summed E-state index contributed by atoms with van der Waals surface area (Å²) in [6, 6.07) is 15.4. The number of nitrogens with one attached hydrogen (secondary N) is 2. The minimum absolute atomic E-state index is 0.00404. The van der Waals surface area contributed by atoms with E-state index >= 15 is 0 Å². The number of aryl methyl sites for hydroxylation is 1. The van der Waals surface area contributed by atoms with Crippen LogP contribution in [0, 0.1) is 12.3 Å². The van der Waals surface area contributed by atoms with E-state index in [0.717, 1.165) is 16.8 Å². The normalized spacial score (nSPS) is 10.8. The molecule has 5 N–H and O–H groups in total. The minimum Gasteiger partial charge on any atom is -0.332 e. The lowest BCUT2D eigenvalue weighted by Gasteiger charge is -2.04. The van der Waals surface area contributed by atoms with Crippen molar-refractivity contribution in [2.45, 2.75) is 33.2 Å². The average Bonchev–Trinajstić information content (AvgIpc) is 3.22. The first-order chi connectivity index (χ1) is 15.2. The van der Waals surface area contributed by atoms with Crippen molar-refractivity contribution in [3.63, 3.8) is 0 Å². The van der Waals surface area contributed by atoms with Gasteiger partial charge in [-0.15, -0.1) is 0 Å². The maximum absolute atomic E-state index is 12.6. The summed E-state index contributed by atoms with van der Waals surface area (Å²) in [7, 11) is -4.18. The number of anilines is 2. The number of benzene rings is 2. The van der Waals surface area contributed by atoms with Crippen molar-refractivity contribution in [2.24, 2.45) is 5.73 Å². The van der Waals surface area contributed by atoms with E-state index in [4.69, 9.17) is 15.7 Å². The molecule has 0 aliphatic carbocycles. The molecule has 0 saturated heterocycles. The molecule has 0 saturated carbocycles. The maximum Gasteiger partial charge on any atom is 0.307 e. The number of aromatic nitrogens is 1. The molecule has 0 radical (unpaired) electrons. The van der Waals surface area contributed by atoms with E-state index in [1.54, 1.807) is 13.1 Å². The molecule has 0 fully saturated rings. The van der Waals surface area contributed by atoms with E-state index in [2.05, 4.69) is 10.3 Å². The number of rotatable bonds is 7. The Morgan fingerprint density at radius 3 is 2.53 bits per heavy atom. The lowest BCUT2D eigenvalue weighted by atomic mass is 10.0. The highest BCUT2D eigenvalue weighted by Crippen LogP contribution is 2.25. The van der Waals surface area contributed by atoms with Crippen LogP contribution in [0.2, 0.25) is 0 Å². The van der Waals surface area contributed by atoms with Gasteiger partial charge in [0.25, 0.3) is 0 Å². The van der Waals surface area contributed by atoms with E-state index in [1.807, 2.05) is 55.5 Å². The summed E-state index contributed by atoms with van der Waals surface area (Å²) in [6.07, 6.45) is 2.28. The molecule has 170 valence electrons. The van der Waals surface area contributed by atoms with Gasteiger partial charge in [-0.05, 0) is 36.6 Å². The molecule has 1 heterocycles. The van der Waals surface area contributed by atoms with Gasteiger partial charge in [0.05, 0.1) is 11.1 Å². The van der Waals surface area contributed by atoms with Gasteiger partial charge in [-0.1, -0.05) is 54.7 Å². The summed E-state index contributed by atoms with van der Waals surface area (Å²) < 4.78 is 28.3. The third-order valence-corrected chi connectivity index (χ3v) is 6.06. The quantitative estimate of drug-likeness (QED) is 0.170. The molecule has 2 aromatic carbocycles. The van der Waals surface area contributed by atoms with Crippen LogP contribution in [0.5, 0.6) is 0 Å². The number of nitrogens with two attached hydrogens (primary N) is 1. The van der Waals surface area contributed by atoms with Crippen LogP contribution in [0.25, 0.3) is 0 Å². The topological polar surface area (TPSA) is 146 Å². The summed E-state index contributed by atoms with van der Waals surface area (Å²) >= 11 is 1.35. The average molecular weight is 475 g/mol. The van der Waals surface area contributed by atoms with Crippen LogP contribution in [0.3, 0.4) is 0 Å². The number of ketones is 1. The molecule has 3 rings (SSSR count). The summed E-state index contributed by atoms with van der Waals surface area (Å²) in [5, 5.41) is 10.0. The van der Waals surface area contributed by atoms with E-state index in [0.29, 0.717) is 28.5 Å². The third-order valence-electron chi connectivity index (χ3n) is 4.32. The zero-order chi connectivity index (χ0) is 23.7. The minimum atomic E-state index is -4.18. The fraction of sp³-hybridized carbons (Fsp3) is 0.227. The molecule has 0 bridgehead atoms. The highest BCUT2D eigenvalue weighted by Gasteiger charge is 2.15. The molecule has 0 spiro atoms. The number of thiazole rings is 1. The van der Waals surface area contributed by atoms with Gasteiger partial charge in [0, 0.05) is 24.2 Å². The highest BCUT2D eigenvalue weighted by atomic mass is 32.2. The molecule has 0 aliphatic rings. The second-order valence-electron chi connectivity index (χ2n) is 6.85. The Labute approximate surface area is 191 Å². The molecular weight excluding hydrogens is 448 g/mol. The van der Waals surface area contributed by atoms with Crippen molar-refractivity contribution in [3.8, 4) is 0 Å². The Balaban J connectivity index is 0.000000344. The van der Waals surface area contributed by atoms with E-state index < -0.39 is 15.2 Å². The second-order valence-corrected chi connectivity index (χ2v) is 9.33. The molecule has 0 amide bonds. The van der Waals surface area contributed by atoms with Gasteiger partial charge in [-0.3, -0.25) is 14.8 Å². The molecule has 3 aromatic rings. The molecular formula is C22H26N4O4S2.